The first-order chi connectivity index (χ1) is 13.6. The zero-order valence-corrected chi connectivity index (χ0v) is 17.4. The van der Waals surface area contributed by atoms with Gasteiger partial charge in [0.05, 0.1) is 5.92 Å². The predicted molar refractivity (Wildman–Crippen MR) is 112 cm³/mol. The molecule has 0 radical (unpaired) electrons. The first-order valence-electron chi connectivity index (χ1n) is 11.4. The van der Waals surface area contributed by atoms with E-state index in [1.165, 1.54) is 70.3 Å². The molecule has 3 saturated heterocycles. The average molecular weight is 382 g/mol. The van der Waals surface area contributed by atoms with Crippen LogP contribution in [-0.2, 0) is 4.79 Å². The van der Waals surface area contributed by atoms with Gasteiger partial charge in [-0.1, -0.05) is 30.3 Å². The maximum Gasteiger partial charge on any atom is 0.230 e. The fraction of sp³-hybridized carbons (Fsp3) is 0.708. The maximum atomic E-state index is 13.3. The zero-order chi connectivity index (χ0) is 19.1. The number of benzene rings is 1. The highest BCUT2D eigenvalue weighted by Crippen LogP contribution is 2.48. The predicted octanol–water partition coefficient (Wildman–Crippen LogP) is 3.34. The second-order valence-corrected chi connectivity index (χ2v) is 9.94. The molecule has 3 heterocycles. The van der Waals surface area contributed by atoms with E-state index in [1.807, 2.05) is 0 Å². The largest absolute Gasteiger partial charge is 0.339 e. The Balaban J connectivity index is 1.31. The van der Waals surface area contributed by atoms with Crippen LogP contribution in [0.4, 0.5) is 0 Å². The SMILES string of the molecule is CN1CCC(N2CCC3(CC2)C[C@@H](c2ccccc2)C(=O)N(C2CC2)C3)CC1. The Morgan fingerprint density at radius 3 is 2.21 bits per heavy atom. The Hall–Kier alpha value is -1.39. The Labute approximate surface area is 169 Å². The van der Waals surface area contributed by atoms with Gasteiger partial charge in [-0.3, -0.25) is 4.79 Å². The summed E-state index contributed by atoms with van der Waals surface area (Å²) in [7, 11) is 2.25. The van der Waals surface area contributed by atoms with Gasteiger partial charge in [-0.05, 0) is 89.2 Å². The molecule has 1 aliphatic carbocycles. The van der Waals surface area contributed by atoms with Gasteiger partial charge in [0.1, 0.15) is 0 Å². The lowest BCUT2D eigenvalue weighted by atomic mass is 9.67. The normalized spacial score (nSPS) is 30.1. The Morgan fingerprint density at radius 2 is 1.57 bits per heavy atom. The van der Waals surface area contributed by atoms with Gasteiger partial charge in [-0.2, -0.15) is 0 Å². The Kier molecular flexibility index (Phi) is 4.96. The number of rotatable bonds is 3. The number of nitrogens with zero attached hydrogens (tertiary/aromatic N) is 3. The van der Waals surface area contributed by atoms with Crippen molar-refractivity contribution in [3.05, 3.63) is 35.9 Å². The number of amides is 1. The average Bonchev–Trinajstić information content (AvgIpc) is 3.57. The second kappa shape index (κ2) is 7.46. The van der Waals surface area contributed by atoms with Gasteiger partial charge in [0.25, 0.3) is 0 Å². The molecule has 0 aromatic heterocycles. The summed E-state index contributed by atoms with van der Waals surface area (Å²) in [5, 5.41) is 0. The summed E-state index contributed by atoms with van der Waals surface area (Å²) in [6.07, 6.45) is 8.65. The van der Waals surface area contributed by atoms with Crippen molar-refractivity contribution in [1.29, 1.82) is 0 Å². The van der Waals surface area contributed by atoms with Crippen molar-refractivity contribution in [3.63, 3.8) is 0 Å². The topological polar surface area (TPSA) is 26.8 Å². The molecular formula is C24H35N3O. The molecule has 4 heteroatoms. The minimum absolute atomic E-state index is 0.0745. The Bertz CT molecular complexity index is 685. The van der Waals surface area contributed by atoms with Crippen molar-refractivity contribution in [2.45, 2.75) is 62.9 Å². The molecule has 152 valence electrons. The number of piperidine rings is 3. The van der Waals surface area contributed by atoms with Crippen molar-refractivity contribution in [2.24, 2.45) is 5.41 Å². The molecule has 1 spiro atoms. The summed E-state index contributed by atoms with van der Waals surface area (Å²) >= 11 is 0. The van der Waals surface area contributed by atoms with E-state index in [1.54, 1.807) is 0 Å². The van der Waals surface area contributed by atoms with Gasteiger partial charge in [-0.25, -0.2) is 0 Å². The van der Waals surface area contributed by atoms with Crippen LogP contribution in [0.1, 0.15) is 56.4 Å². The van der Waals surface area contributed by atoms with E-state index in [0.717, 1.165) is 19.0 Å². The summed E-state index contributed by atoms with van der Waals surface area (Å²) in [6, 6.07) is 11.9. The lowest BCUT2D eigenvalue weighted by molar-refractivity contribution is -0.142. The Morgan fingerprint density at radius 1 is 0.893 bits per heavy atom. The minimum atomic E-state index is 0.0745. The lowest BCUT2D eigenvalue weighted by Gasteiger charge is -2.51. The van der Waals surface area contributed by atoms with Crippen LogP contribution in [0.25, 0.3) is 0 Å². The summed E-state index contributed by atoms with van der Waals surface area (Å²) in [5.74, 6) is 0.475. The molecule has 5 rings (SSSR count). The standard InChI is InChI=1S/C24H35N3O/c1-25-13-9-20(10-14-25)26-15-11-24(12-16-26)17-22(19-5-3-2-4-6-19)23(28)27(18-24)21-7-8-21/h2-6,20-22H,7-18H2,1H3/t22-/m0/s1. The lowest BCUT2D eigenvalue weighted by Crippen LogP contribution is -2.56. The van der Waals surface area contributed by atoms with Crippen LogP contribution >= 0.6 is 0 Å². The van der Waals surface area contributed by atoms with E-state index in [9.17, 15) is 4.79 Å². The highest BCUT2D eigenvalue weighted by Gasteiger charge is 2.49. The molecule has 1 amide bonds. The number of hydrogen-bond acceptors (Lipinski definition) is 3. The van der Waals surface area contributed by atoms with E-state index in [-0.39, 0.29) is 5.92 Å². The third-order valence-electron chi connectivity index (χ3n) is 7.98. The van der Waals surface area contributed by atoms with Crippen molar-refractivity contribution in [3.8, 4) is 0 Å². The fourth-order valence-corrected chi connectivity index (χ4v) is 5.95. The summed E-state index contributed by atoms with van der Waals surface area (Å²) in [4.78, 5) is 20.8. The third kappa shape index (κ3) is 3.61. The molecule has 4 fully saturated rings. The van der Waals surface area contributed by atoms with E-state index in [0.29, 0.717) is 17.4 Å². The highest BCUT2D eigenvalue weighted by atomic mass is 16.2. The molecule has 3 aliphatic heterocycles. The molecule has 0 bridgehead atoms. The van der Waals surface area contributed by atoms with Crippen molar-refractivity contribution >= 4 is 5.91 Å². The molecule has 28 heavy (non-hydrogen) atoms. The number of carbonyl (C=O) groups is 1. The molecule has 1 aromatic rings. The van der Waals surface area contributed by atoms with Gasteiger partial charge in [0.15, 0.2) is 0 Å². The van der Waals surface area contributed by atoms with E-state index in [4.69, 9.17) is 0 Å². The van der Waals surface area contributed by atoms with Gasteiger partial charge < -0.3 is 14.7 Å². The minimum Gasteiger partial charge on any atom is -0.339 e. The first-order valence-corrected chi connectivity index (χ1v) is 11.4. The summed E-state index contributed by atoms with van der Waals surface area (Å²) in [6.45, 7) is 5.95. The molecule has 1 atom stereocenters. The van der Waals surface area contributed by atoms with Crippen LogP contribution in [0.5, 0.6) is 0 Å². The summed E-state index contributed by atoms with van der Waals surface area (Å²) in [5.41, 5.74) is 1.56. The zero-order valence-electron chi connectivity index (χ0n) is 17.4. The third-order valence-corrected chi connectivity index (χ3v) is 7.98. The van der Waals surface area contributed by atoms with Crippen LogP contribution in [0.2, 0.25) is 0 Å². The van der Waals surface area contributed by atoms with Gasteiger partial charge in [-0.15, -0.1) is 0 Å². The fourth-order valence-electron chi connectivity index (χ4n) is 5.95. The molecular weight excluding hydrogens is 346 g/mol. The number of carbonyl (C=O) groups excluding carboxylic acids is 1. The maximum absolute atomic E-state index is 13.3. The summed E-state index contributed by atoms with van der Waals surface area (Å²) < 4.78 is 0. The van der Waals surface area contributed by atoms with Crippen LogP contribution in [0.3, 0.4) is 0 Å². The molecule has 1 saturated carbocycles. The molecule has 0 N–H and O–H groups in total. The first kappa shape index (κ1) is 18.6. The van der Waals surface area contributed by atoms with Gasteiger partial charge >= 0.3 is 0 Å². The van der Waals surface area contributed by atoms with Crippen molar-refractivity contribution in [2.75, 3.05) is 39.8 Å². The van der Waals surface area contributed by atoms with Crippen LogP contribution in [0, 0.1) is 5.41 Å². The van der Waals surface area contributed by atoms with E-state index < -0.39 is 0 Å². The van der Waals surface area contributed by atoms with Gasteiger partial charge in [0.2, 0.25) is 5.91 Å². The smallest absolute Gasteiger partial charge is 0.230 e. The monoisotopic (exact) mass is 381 g/mol. The number of likely N-dealkylation sites (tertiary alicyclic amines) is 3. The molecule has 4 aliphatic rings. The highest BCUT2D eigenvalue weighted by molar-refractivity contribution is 5.85. The molecule has 4 nitrogen and oxygen atoms in total. The number of hydrogen-bond donors (Lipinski definition) is 0. The van der Waals surface area contributed by atoms with Crippen LogP contribution < -0.4 is 0 Å². The second-order valence-electron chi connectivity index (χ2n) is 9.94. The van der Waals surface area contributed by atoms with Crippen LogP contribution in [-0.4, -0.2) is 72.5 Å². The van der Waals surface area contributed by atoms with Crippen molar-refractivity contribution in [1.82, 2.24) is 14.7 Å². The molecule has 0 unspecified atom stereocenters. The van der Waals surface area contributed by atoms with Crippen LogP contribution in [0.15, 0.2) is 30.3 Å². The van der Waals surface area contributed by atoms with E-state index in [2.05, 4.69) is 52.1 Å². The van der Waals surface area contributed by atoms with Crippen molar-refractivity contribution < 1.29 is 4.79 Å². The van der Waals surface area contributed by atoms with E-state index >= 15 is 0 Å². The molecule has 1 aromatic carbocycles. The quantitative estimate of drug-likeness (QED) is 0.803. The van der Waals surface area contributed by atoms with Gasteiger partial charge in [0, 0.05) is 18.6 Å².